The minimum absolute atomic E-state index is 0.0195. The first-order valence-electron chi connectivity index (χ1n) is 9.10. The van der Waals surface area contributed by atoms with Gasteiger partial charge in [-0.05, 0) is 36.2 Å². The molecule has 0 unspecified atom stereocenters. The molecule has 0 saturated heterocycles. The second-order valence-corrected chi connectivity index (χ2v) is 8.92. The van der Waals surface area contributed by atoms with E-state index in [1.54, 1.807) is 18.2 Å². The SMILES string of the molecule is COc1ccc(OC)c(NC(=O)COc2ccc(S(=O)(=O)NCC(C)C)cc2Cl)c1. The number of methoxy groups -OCH3 is 2. The Balaban J connectivity index is 2.03. The molecule has 0 bridgehead atoms. The summed E-state index contributed by atoms with van der Waals surface area (Å²) in [5.74, 6) is 0.920. The van der Waals surface area contributed by atoms with Gasteiger partial charge in [0.05, 0.1) is 29.8 Å². The Morgan fingerprint density at radius 2 is 1.77 bits per heavy atom. The van der Waals surface area contributed by atoms with Crippen LogP contribution in [0.15, 0.2) is 41.3 Å². The maximum Gasteiger partial charge on any atom is 0.262 e. The molecule has 0 atom stereocenters. The molecule has 2 rings (SSSR count). The summed E-state index contributed by atoms with van der Waals surface area (Å²) in [6, 6.07) is 9.05. The molecule has 0 spiro atoms. The number of carbonyl (C=O) groups excluding carboxylic acids is 1. The lowest BCUT2D eigenvalue weighted by molar-refractivity contribution is -0.118. The average Bonchev–Trinajstić information content (AvgIpc) is 2.71. The lowest BCUT2D eigenvalue weighted by Crippen LogP contribution is -2.27. The van der Waals surface area contributed by atoms with Crippen molar-refractivity contribution in [1.29, 1.82) is 0 Å². The second kappa shape index (κ2) is 10.5. The lowest BCUT2D eigenvalue weighted by Gasteiger charge is -2.13. The zero-order valence-electron chi connectivity index (χ0n) is 17.2. The van der Waals surface area contributed by atoms with Crippen LogP contribution in [0.5, 0.6) is 17.2 Å². The van der Waals surface area contributed by atoms with E-state index in [2.05, 4.69) is 10.0 Å². The largest absolute Gasteiger partial charge is 0.497 e. The van der Waals surface area contributed by atoms with Crippen molar-refractivity contribution in [2.45, 2.75) is 18.7 Å². The van der Waals surface area contributed by atoms with E-state index in [9.17, 15) is 13.2 Å². The van der Waals surface area contributed by atoms with Gasteiger partial charge in [0.25, 0.3) is 5.91 Å². The van der Waals surface area contributed by atoms with Crippen LogP contribution in [-0.4, -0.2) is 41.7 Å². The smallest absolute Gasteiger partial charge is 0.262 e. The molecule has 2 aromatic rings. The predicted octanol–water partition coefficient (Wildman–Crippen LogP) is 3.31. The van der Waals surface area contributed by atoms with Gasteiger partial charge in [-0.25, -0.2) is 13.1 Å². The highest BCUT2D eigenvalue weighted by molar-refractivity contribution is 7.89. The minimum atomic E-state index is -3.68. The van der Waals surface area contributed by atoms with E-state index in [1.807, 2.05) is 13.8 Å². The van der Waals surface area contributed by atoms with Crippen molar-refractivity contribution >= 4 is 33.2 Å². The standard InChI is InChI=1S/C20H25ClN2O6S/c1-13(2)11-22-30(25,26)15-6-8-18(16(21)10-15)29-12-20(24)23-17-9-14(27-3)5-7-19(17)28-4/h5-10,13,22H,11-12H2,1-4H3,(H,23,24). The maximum atomic E-state index is 12.3. The van der Waals surface area contributed by atoms with E-state index in [-0.39, 0.29) is 28.2 Å². The molecule has 8 nitrogen and oxygen atoms in total. The van der Waals surface area contributed by atoms with Crippen molar-refractivity contribution < 1.29 is 27.4 Å². The highest BCUT2D eigenvalue weighted by atomic mass is 35.5. The molecular formula is C20H25ClN2O6S. The normalized spacial score (nSPS) is 11.3. The summed E-state index contributed by atoms with van der Waals surface area (Å²) in [7, 11) is -0.676. The van der Waals surface area contributed by atoms with Gasteiger partial charge in [0.2, 0.25) is 10.0 Å². The van der Waals surface area contributed by atoms with Crippen molar-refractivity contribution in [2.24, 2.45) is 5.92 Å². The van der Waals surface area contributed by atoms with Gasteiger partial charge in [-0.3, -0.25) is 4.79 Å². The van der Waals surface area contributed by atoms with E-state index in [1.165, 1.54) is 32.4 Å². The molecule has 1 amide bonds. The van der Waals surface area contributed by atoms with E-state index in [0.29, 0.717) is 23.7 Å². The molecule has 0 fully saturated rings. The van der Waals surface area contributed by atoms with E-state index < -0.39 is 15.9 Å². The number of ether oxygens (including phenoxy) is 3. The fraction of sp³-hybridized carbons (Fsp3) is 0.350. The Hall–Kier alpha value is -2.49. The first kappa shape index (κ1) is 23.8. The fourth-order valence-electron chi connectivity index (χ4n) is 2.37. The molecule has 0 aromatic heterocycles. The number of amides is 1. The maximum absolute atomic E-state index is 12.3. The third-order valence-electron chi connectivity index (χ3n) is 3.93. The van der Waals surface area contributed by atoms with Gasteiger partial charge in [0.15, 0.2) is 6.61 Å². The Labute approximate surface area is 181 Å². The Morgan fingerprint density at radius 3 is 2.37 bits per heavy atom. The predicted molar refractivity (Wildman–Crippen MR) is 115 cm³/mol. The number of benzene rings is 2. The van der Waals surface area contributed by atoms with Gasteiger partial charge in [-0.1, -0.05) is 25.4 Å². The highest BCUT2D eigenvalue weighted by Gasteiger charge is 2.17. The molecule has 2 N–H and O–H groups in total. The van der Waals surface area contributed by atoms with Crippen LogP contribution in [0.3, 0.4) is 0 Å². The first-order chi connectivity index (χ1) is 14.2. The topological polar surface area (TPSA) is 103 Å². The summed E-state index contributed by atoms with van der Waals surface area (Å²) in [6.45, 7) is 3.78. The number of anilines is 1. The Bertz CT molecular complexity index is 995. The number of halogens is 1. The lowest BCUT2D eigenvalue weighted by atomic mass is 10.2. The van der Waals surface area contributed by atoms with Crippen LogP contribution in [0, 0.1) is 5.92 Å². The van der Waals surface area contributed by atoms with Crippen molar-refractivity contribution in [1.82, 2.24) is 4.72 Å². The zero-order chi connectivity index (χ0) is 22.3. The van der Waals surface area contributed by atoms with Gasteiger partial charge < -0.3 is 19.5 Å². The number of hydrogen-bond donors (Lipinski definition) is 2. The third-order valence-corrected chi connectivity index (χ3v) is 5.65. The number of nitrogens with one attached hydrogen (secondary N) is 2. The first-order valence-corrected chi connectivity index (χ1v) is 11.0. The van der Waals surface area contributed by atoms with E-state index in [4.69, 9.17) is 25.8 Å². The molecule has 0 saturated carbocycles. The quantitative estimate of drug-likeness (QED) is 0.568. The molecular weight excluding hydrogens is 432 g/mol. The number of carbonyl (C=O) groups is 1. The van der Waals surface area contributed by atoms with Crippen LogP contribution in [0.25, 0.3) is 0 Å². The summed E-state index contributed by atoms with van der Waals surface area (Å²) in [6.07, 6.45) is 0. The Kier molecular flexibility index (Phi) is 8.33. The van der Waals surface area contributed by atoms with Crippen molar-refractivity contribution in [3.63, 3.8) is 0 Å². The summed E-state index contributed by atoms with van der Waals surface area (Å²) in [5.41, 5.74) is 0.425. The summed E-state index contributed by atoms with van der Waals surface area (Å²) in [4.78, 5) is 12.3. The Morgan fingerprint density at radius 1 is 1.07 bits per heavy atom. The van der Waals surface area contributed by atoms with Crippen LogP contribution >= 0.6 is 11.6 Å². The molecule has 30 heavy (non-hydrogen) atoms. The van der Waals surface area contributed by atoms with Crippen molar-refractivity contribution in [3.8, 4) is 17.2 Å². The van der Waals surface area contributed by atoms with Gasteiger partial charge in [0, 0.05) is 12.6 Å². The van der Waals surface area contributed by atoms with Gasteiger partial charge in [0.1, 0.15) is 17.2 Å². The molecule has 0 aliphatic rings. The monoisotopic (exact) mass is 456 g/mol. The van der Waals surface area contributed by atoms with Crippen LogP contribution < -0.4 is 24.2 Å². The summed E-state index contributed by atoms with van der Waals surface area (Å²) < 4.78 is 42.9. The zero-order valence-corrected chi connectivity index (χ0v) is 18.8. The number of rotatable bonds is 10. The number of sulfonamides is 1. The highest BCUT2D eigenvalue weighted by Crippen LogP contribution is 2.30. The molecule has 2 aromatic carbocycles. The second-order valence-electron chi connectivity index (χ2n) is 6.74. The average molecular weight is 457 g/mol. The van der Waals surface area contributed by atoms with Gasteiger partial charge >= 0.3 is 0 Å². The number of hydrogen-bond acceptors (Lipinski definition) is 6. The third kappa shape index (κ3) is 6.51. The molecule has 164 valence electrons. The molecule has 0 radical (unpaired) electrons. The van der Waals surface area contributed by atoms with Crippen molar-refractivity contribution in [3.05, 3.63) is 41.4 Å². The van der Waals surface area contributed by atoms with E-state index in [0.717, 1.165) is 0 Å². The van der Waals surface area contributed by atoms with E-state index >= 15 is 0 Å². The minimum Gasteiger partial charge on any atom is -0.497 e. The van der Waals surface area contributed by atoms with Crippen LogP contribution in [0.4, 0.5) is 5.69 Å². The molecule has 0 aliphatic carbocycles. The molecule has 0 aliphatic heterocycles. The van der Waals surface area contributed by atoms with Crippen LogP contribution in [0.2, 0.25) is 5.02 Å². The fourth-order valence-corrected chi connectivity index (χ4v) is 3.91. The van der Waals surface area contributed by atoms with Crippen LogP contribution in [-0.2, 0) is 14.8 Å². The van der Waals surface area contributed by atoms with Gasteiger partial charge in [-0.2, -0.15) is 0 Å². The molecule has 10 heteroatoms. The van der Waals surface area contributed by atoms with Crippen molar-refractivity contribution in [2.75, 3.05) is 32.7 Å². The molecule has 0 heterocycles. The summed E-state index contributed by atoms with van der Waals surface area (Å²) in [5, 5.41) is 2.75. The van der Waals surface area contributed by atoms with Crippen LogP contribution in [0.1, 0.15) is 13.8 Å². The summed E-state index contributed by atoms with van der Waals surface area (Å²) >= 11 is 6.14. The van der Waals surface area contributed by atoms with Gasteiger partial charge in [-0.15, -0.1) is 0 Å².